The highest BCUT2D eigenvalue weighted by molar-refractivity contribution is 5.63. The van der Waals surface area contributed by atoms with Crippen molar-refractivity contribution in [1.29, 1.82) is 0 Å². The molecule has 0 atom stereocenters. The van der Waals surface area contributed by atoms with Gasteiger partial charge in [-0.05, 0) is 37.6 Å². The first-order valence-corrected chi connectivity index (χ1v) is 5.94. The predicted molar refractivity (Wildman–Crippen MR) is 68.9 cm³/mol. The highest BCUT2D eigenvalue weighted by Gasteiger charge is 2.13. The molecule has 1 aromatic heterocycles. The molecule has 0 spiro atoms. The highest BCUT2D eigenvalue weighted by Crippen LogP contribution is 2.25. The molecule has 0 radical (unpaired) electrons. The Labute approximate surface area is 106 Å². The van der Waals surface area contributed by atoms with Crippen LogP contribution < -0.4 is 0 Å². The van der Waals surface area contributed by atoms with Gasteiger partial charge >= 0.3 is 0 Å². The summed E-state index contributed by atoms with van der Waals surface area (Å²) < 4.78 is 15.2. The molecule has 0 fully saturated rings. The van der Waals surface area contributed by atoms with Crippen molar-refractivity contribution in [2.75, 3.05) is 6.61 Å². The molecule has 1 N–H and O–H groups in total. The average Bonchev–Trinajstić information content (AvgIpc) is 2.62. The van der Waals surface area contributed by atoms with E-state index in [9.17, 15) is 4.39 Å². The lowest BCUT2D eigenvalue weighted by Gasteiger charge is -2.03. The van der Waals surface area contributed by atoms with Crippen molar-refractivity contribution in [1.82, 2.24) is 9.55 Å². The summed E-state index contributed by atoms with van der Waals surface area (Å²) in [5.41, 5.74) is 3.39. The predicted octanol–water partition coefficient (Wildman–Crippen LogP) is 2.38. The van der Waals surface area contributed by atoms with E-state index in [0.717, 1.165) is 22.8 Å². The molecule has 0 saturated heterocycles. The maximum atomic E-state index is 13.3. The van der Waals surface area contributed by atoms with Crippen LogP contribution in [0.4, 0.5) is 4.39 Å². The maximum absolute atomic E-state index is 13.3. The zero-order chi connectivity index (χ0) is 13.3. The monoisotopic (exact) mass is 248 g/mol. The average molecular weight is 248 g/mol. The molecule has 0 amide bonds. The van der Waals surface area contributed by atoms with E-state index in [0.29, 0.717) is 12.0 Å². The Kier molecular flexibility index (Phi) is 3.48. The van der Waals surface area contributed by atoms with Gasteiger partial charge in [0.1, 0.15) is 11.6 Å². The lowest BCUT2D eigenvalue weighted by atomic mass is 10.1. The summed E-state index contributed by atoms with van der Waals surface area (Å²) in [6, 6.07) is 5.00. The Morgan fingerprint density at radius 3 is 2.67 bits per heavy atom. The minimum atomic E-state index is -0.206. The van der Waals surface area contributed by atoms with Crippen LogP contribution in [-0.2, 0) is 13.5 Å². The van der Waals surface area contributed by atoms with Crippen molar-refractivity contribution in [2.45, 2.75) is 20.3 Å². The summed E-state index contributed by atoms with van der Waals surface area (Å²) >= 11 is 0. The minimum Gasteiger partial charge on any atom is -0.396 e. The van der Waals surface area contributed by atoms with Crippen LogP contribution in [0.2, 0.25) is 0 Å². The van der Waals surface area contributed by atoms with E-state index in [1.807, 2.05) is 18.5 Å². The lowest BCUT2D eigenvalue weighted by molar-refractivity contribution is 0.295. The molecule has 0 aliphatic rings. The van der Waals surface area contributed by atoms with Crippen LogP contribution in [0.25, 0.3) is 11.3 Å². The van der Waals surface area contributed by atoms with Crippen LogP contribution in [0.15, 0.2) is 18.2 Å². The van der Waals surface area contributed by atoms with Gasteiger partial charge in [0, 0.05) is 24.7 Å². The van der Waals surface area contributed by atoms with Gasteiger partial charge in [0.15, 0.2) is 0 Å². The smallest absolute Gasteiger partial charge is 0.126 e. The number of hydrogen-bond donors (Lipinski definition) is 1. The number of rotatable bonds is 3. The molecule has 0 bridgehead atoms. The van der Waals surface area contributed by atoms with Gasteiger partial charge in [-0.3, -0.25) is 0 Å². The van der Waals surface area contributed by atoms with E-state index in [1.165, 1.54) is 6.07 Å². The third-order valence-corrected chi connectivity index (χ3v) is 3.24. The maximum Gasteiger partial charge on any atom is 0.126 e. The summed E-state index contributed by atoms with van der Waals surface area (Å²) in [6.07, 6.45) is 0.525. The number of aliphatic hydroxyl groups excluding tert-OH is 1. The van der Waals surface area contributed by atoms with Gasteiger partial charge in [0.05, 0.1) is 12.3 Å². The summed E-state index contributed by atoms with van der Waals surface area (Å²) in [7, 11) is 1.92. The first kappa shape index (κ1) is 12.8. The first-order chi connectivity index (χ1) is 8.54. The number of aryl methyl sites for hydroxylation is 1. The summed E-state index contributed by atoms with van der Waals surface area (Å²) in [5.74, 6) is 0.634. The zero-order valence-electron chi connectivity index (χ0n) is 10.9. The van der Waals surface area contributed by atoms with Gasteiger partial charge in [0.25, 0.3) is 0 Å². The Morgan fingerprint density at radius 1 is 1.33 bits per heavy atom. The Bertz CT molecular complexity index is 575. The second-order valence-corrected chi connectivity index (χ2v) is 4.46. The van der Waals surface area contributed by atoms with Crippen molar-refractivity contribution < 1.29 is 9.50 Å². The molecular weight excluding hydrogens is 231 g/mol. The molecule has 0 saturated carbocycles. The normalized spacial score (nSPS) is 10.9. The van der Waals surface area contributed by atoms with E-state index in [-0.39, 0.29) is 12.4 Å². The molecule has 0 aliphatic heterocycles. The lowest BCUT2D eigenvalue weighted by Crippen LogP contribution is -2.01. The Balaban J connectivity index is 2.50. The van der Waals surface area contributed by atoms with E-state index in [2.05, 4.69) is 4.98 Å². The summed E-state index contributed by atoms with van der Waals surface area (Å²) in [4.78, 5) is 4.52. The molecule has 0 aliphatic carbocycles. The third kappa shape index (κ3) is 2.16. The second kappa shape index (κ2) is 4.90. The molecule has 3 nitrogen and oxygen atoms in total. The van der Waals surface area contributed by atoms with Crippen molar-refractivity contribution in [3.63, 3.8) is 0 Å². The molecule has 18 heavy (non-hydrogen) atoms. The minimum absolute atomic E-state index is 0.0756. The van der Waals surface area contributed by atoms with E-state index in [1.54, 1.807) is 19.1 Å². The Hall–Kier alpha value is -1.68. The van der Waals surface area contributed by atoms with E-state index >= 15 is 0 Å². The van der Waals surface area contributed by atoms with E-state index in [4.69, 9.17) is 5.11 Å². The van der Waals surface area contributed by atoms with Crippen molar-refractivity contribution in [3.8, 4) is 11.3 Å². The number of hydrogen-bond acceptors (Lipinski definition) is 2. The van der Waals surface area contributed by atoms with Gasteiger partial charge < -0.3 is 9.67 Å². The zero-order valence-corrected chi connectivity index (χ0v) is 10.9. The number of aromatic nitrogens is 2. The quantitative estimate of drug-likeness (QED) is 0.905. The number of imidazole rings is 1. The molecule has 1 aromatic carbocycles. The molecule has 96 valence electrons. The third-order valence-electron chi connectivity index (χ3n) is 3.24. The standard InChI is InChI=1S/C14H17FN2O/c1-9-8-11(4-5-12(9)15)14-10(2)17(3)13(16-14)6-7-18/h4-5,8,18H,6-7H2,1-3H3. The fourth-order valence-electron chi connectivity index (χ4n) is 2.03. The summed E-state index contributed by atoms with van der Waals surface area (Å²) in [5, 5.41) is 8.99. The van der Waals surface area contributed by atoms with Crippen molar-refractivity contribution in [2.24, 2.45) is 7.05 Å². The molecule has 4 heteroatoms. The van der Waals surface area contributed by atoms with Gasteiger partial charge in [-0.1, -0.05) is 0 Å². The fraction of sp³-hybridized carbons (Fsp3) is 0.357. The number of benzene rings is 1. The van der Waals surface area contributed by atoms with Crippen LogP contribution in [0, 0.1) is 19.7 Å². The topological polar surface area (TPSA) is 38.1 Å². The SMILES string of the molecule is Cc1cc(-c2nc(CCO)n(C)c2C)ccc1F. The van der Waals surface area contributed by atoms with Crippen LogP contribution in [0.3, 0.4) is 0 Å². The first-order valence-electron chi connectivity index (χ1n) is 5.94. The van der Waals surface area contributed by atoms with Gasteiger partial charge in [0.2, 0.25) is 0 Å². The molecule has 0 unspecified atom stereocenters. The number of halogens is 1. The van der Waals surface area contributed by atoms with Crippen molar-refractivity contribution in [3.05, 3.63) is 41.1 Å². The second-order valence-electron chi connectivity index (χ2n) is 4.46. The van der Waals surface area contributed by atoms with Crippen LogP contribution in [-0.4, -0.2) is 21.3 Å². The van der Waals surface area contributed by atoms with E-state index < -0.39 is 0 Å². The van der Waals surface area contributed by atoms with Gasteiger partial charge in [-0.25, -0.2) is 9.37 Å². The number of aliphatic hydroxyl groups is 1. The molecule has 2 rings (SSSR count). The highest BCUT2D eigenvalue weighted by atomic mass is 19.1. The van der Waals surface area contributed by atoms with Gasteiger partial charge in [-0.15, -0.1) is 0 Å². The van der Waals surface area contributed by atoms with Gasteiger partial charge in [-0.2, -0.15) is 0 Å². The number of nitrogens with zero attached hydrogens (tertiary/aromatic N) is 2. The molecule has 2 aromatic rings. The molecule has 1 heterocycles. The van der Waals surface area contributed by atoms with Crippen molar-refractivity contribution >= 4 is 0 Å². The molecular formula is C14H17FN2O. The van der Waals surface area contributed by atoms with Crippen LogP contribution in [0.1, 0.15) is 17.1 Å². The Morgan fingerprint density at radius 2 is 2.06 bits per heavy atom. The van der Waals surface area contributed by atoms with Crippen LogP contribution >= 0.6 is 0 Å². The summed E-state index contributed by atoms with van der Waals surface area (Å²) in [6.45, 7) is 3.79. The van der Waals surface area contributed by atoms with Crippen LogP contribution in [0.5, 0.6) is 0 Å². The largest absolute Gasteiger partial charge is 0.396 e. The fourth-order valence-corrected chi connectivity index (χ4v) is 2.03.